The molecule has 0 heterocycles. The van der Waals surface area contributed by atoms with Crippen molar-refractivity contribution in [2.24, 2.45) is 0 Å². The molecule has 0 aromatic rings. The maximum absolute atomic E-state index is 11.2. The molecule has 1 unspecified atom stereocenters. The molecular formula is C11H20O2Si. The van der Waals surface area contributed by atoms with Crippen LogP contribution in [0.4, 0.5) is 0 Å². The minimum Gasteiger partial charge on any atom is -0.518 e. The van der Waals surface area contributed by atoms with E-state index in [0.717, 1.165) is 18.9 Å². The summed E-state index contributed by atoms with van der Waals surface area (Å²) in [7, 11) is -1.36. The van der Waals surface area contributed by atoms with Crippen molar-refractivity contribution in [3.63, 3.8) is 0 Å². The first kappa shape index (κ1) is 13.2. The van der Waals surface area contributed by atoms with Crippen LogP contribution in [0.15, 0.2) is 18.4 Å². The zero-order valence-corrected chi connectivity index (χ0v) is 10.5. The van der Waals surface area contributed by atoms with Crippen LogP contribution in [-0.4, -0.2) is 15.0 Å². The van der Waals surface area contributed by atoms with Crippen LogP contribution >= 0.6 is 0 Å². The van der Waals surface area contributed by atoms with Crippen molar-refractivity contribution < 1.29 is 9.22 Å². The van der Waals surface area contributed by atoms with E-state index >= 15 is 0 Å². The molecule has 14 heavy (non-hydrogen) atoms. The second-order valence-electron chi connectivity index (χ2n) is 3.71. The fraction of sp³-hybridized carbons (Fsp3) is 0.636. The van der Waals surface area contributed by atoms with Crippen LogP contribution in [0.2, 0.25) is 11.6 Å². The number of unbranched alkanes of at least 4 members (excludes halogenated alkanes) is 1. The standard InChI is InChI=1S/C11H20O2Si/c1-5-7-9-14(10(3)4)13-11(12)8-6-2/h8,10,14H,2,5,7,9H2,1,3-4H3. The first-order chi connectivity index (χ1) is 6.61. The van der Waals surface area contributed by atoms with Crippen molar-refractivity contribution in [2.45, 2.75) is 45.2 Å². The van der Waals surface area contributed by atoms with Gasteiger partial charge in [-0.1, -0.05) is 40.2 Å². The lowest BCUT2D eigenvalue weighted by Crippen LogP contribution is -2.24. The predicted molar refractivity (Wildman–Crippen MR) is 61.8 cm³/mol. The summed E-state index contributed by atoms with van der Waals surface area (Å²) in [5.41, 5.74) is 2.94. The van der Waals surface area contributed by atoms with E-state index in [1.54, 1.807) is 0 Å². The first-order valence-electron chi connectivity index (χ1n) is 5.18. The average Bonchev–Trinajstić information content (AvgIpc) is 2.12. The highest BCUT2D eigenvalue weighted by atomic mass is 28.3. The van der Waals surface area contributed by atoms with Crippen molar-refractivity contribution in [2.75, 3.05) is 0 Å². The maximum atomic E-state index is 11.2. The second-order valence-corrected chi connectivity index (χ2v) is 6.93. The van der Waals surface area contributed by atoms with E-state index in [9.17, 15) is 4.79 Å². The Bertz CT molecular complexity index is 217. The van der Waals surface area contributed by atoms with Crippen LogP contribution in [0.1, 0.15) is 33.6 Å². The van der Waals surface area contributed by atoms with Crippen molar-refractivity contribution >= 4 is 15.0 Å². The molecule has 0 fully saturated rings. The molecule has 0 saturated carbocycles. The topological polar surface area (TPSA) is 26.3 Å². The monoisotopic (exact) mass is 212 g/mol. The number of rotatable bonds is 6. The summed E-state index contributed by atoms with van der Waals surface area (Å²) in [6, 6.07) is 1.07. The normalized spacial score (nSPS) is 12.0. The summed E-state index contributed by atoms with van der Waals surface area (Å²) >= 11 is 0. The Balaban J connectivity index is 4.08. The molecule has 0 bridgehead atoms. The quantitative estimate of drug-likeness (QED) is 0.384. The van der Waals surface area contributed by atoms with Gasteiger partial charge in [-0.15, -0.1) is 5.73 Å². The van der Waals surface area contributed by atoms with Gasteiger partial charge < -0.3 is 4.43 Å². The van der Waals surface area contributed by atoms with Gasteiger partial charge in [-0.3, -0.25) is 0 Å². The van der Waals surface area contributed by atoms with Gasteiger partial charge in [-0.05, 0) is 11.6 Å². The molecule has 0 aliphatic rings. The molecule has 1 atom stereocenters. The third-order valence-corrected chi connectivity index (χ3v) is 5.07. The molecule has 0 amide bonds. The number of hydrogen-bond acceptors (Lipinski definition) is 2. The van der Waals surface area contributed by atoms with Gasteiger partial charge in [-0.2, -0.15) is 0 Å². The molecule has 0 aromatic heterocycles. The Morgan fingerprint density at radius 2 is 2.29 bits per heavy atom. The smallest absolute Gasteiger partial charge is 0.325 e. The number of hydrogen-bond donors (Lipinski definition) is 0. The van der Waals surface area contributed by atoms with Gasteiger partial charge in [0.2, 0.25) is 9.04 Å². The lowest BCUT2D eigenvalue weighted by molar-refractivity contribution is -0.129. The van der Waals surface area contributed by atoms with Gasteiger partial charge in [0, 0.05) is 0 Å². The lowest BCUT2D eigenvalue weighted by atomic mass is 10.4. The molecule has 0 radical (unpaired) electrons. The van der Waals surface area contributed by atoms with Crippen molar-refractivity contribution in [3.05, 3.63) is 18.4 Å². The molecule has 3 heteroatoms. The Hall–Kier alpha value is -0.793. The van der Waals surface area contributed by atoms with Crippen LogP contribution in [0, 0.1) is 0 Å². The summed E-state index contributed by atoms with van der Waals surface area (Å²) in [5, 5.41) is 0. The first-order valence-corrected chi connectivity index (χ1v) is 7.13. The zero-order valence-electron chi connectivity index (χ0n) is 9.38. The second kappa shape index (κ2) is 7.60. The van der Waals surface area contributed by atoms with E-state index in [1.165, 1.54) is 6.08 Å². The van der Waals surface area contributed by atoms with Crippen LogP contribution in [0.25, 0.3) is 0 Å². The van der Waals surface area contributed by atoms with Gasteiger partial charge in [0.1, 0.15) is 0 Å². The van der Waals surface area contributed by atoms with Gasteiger partial charge in [-0.25, -0.2) is 4.79 Å². The summed E-state index contributed by atoms with van der Waals surface area (Å²) in [4.78, 5) is 11.2. The van der Waals surface area contributed by atoms with E-state index in [1.807, 2.05) is 0 Å². The van der Waals surface area contributed by atoms with Crippen LogP contribution in [0.5, 0.6) is 0 Å². The molecule has 0 rings (SSSR count). The van der Waals surface area contributed by atoms with Crippen LogP contribution in [0.3, 0.4) is 0 Å². The molecule has 0 aliphatic heterocycles. The average molecular weight is 212 g/mol. The third-order valence-electron chi connectivity index (χ3n) is 2.07. The van der Waals surface area contributed by atoms with Crippen molar-refractivity contribution in [1.29, 1.82) is 0 Å². The van der Waals surface area contributed by atoms with E-state index in [4.69, 9.17) is 4.43 Å². The largest absolute Gasteiger partial charge is 0.518 e. The summed E-state index contributed by atoms with van der Waals surface area (Å²) in [6.07, 6.45) is 3.58. The van der Waals surface area contributed by atoms with Crippen LogP contribution < -0.4 is 0 Å². The van der Waals surface area contributed by atoms with Gasteiger partial charge in [0.05, 0.1) is 6.08 Å². The summed E-state index contributed by atoms with van der Waals surface area (Å²) in [5.74, 6) is -0.276. The lowest BCUT2D eigenvalue weighted by Gasteiger charge is -2.18. The Morgan fingerprint density at radius 1 is 1.64 bits per heavy atom. The molecular weight excluding hydrogens is 192 g/mol. The molecule has 0 saturated heterocycles. The zero-order chi connectivity index (χ0) is 11.0. The molecule has 80 valence electrons. The van der Waals surface area contributed by atoms with E-state index in [-0.39, 0.29) is 5.97 Å². The minimum absolute atomic E-state index is 0.276. The number of carbonyl (C=O) groups excluding carboxylic acids is 1. The SMILES string of the molecule is C=C=CC(=O)O[SiH](CCCC)C(C)C. The highest BCUT2D eigenvalue weighted by molar-refractivity contribution is 6.55. The summed E-state index contributed by atoms with van der Waals surface area (Å²) < 4.78 is 5.40. The van der Waals surface area contributed by atoms with Gasteiger partial charge in [0.25, 0.3) is 0 Å². The van der Waals surface area contributed by atoms with Crippen LogP contribution in [-0.2, 0) is 9.22 Å². The predicted octanol–water partition coefficient (Wildman–Crippen LogP) is 2.80. The van der Waals surface area contributed by atoms with E-state index < -0.39 is 9.04 Å². The highest BCUT2D eigenvalue weighted by Gasteiger charge is 2.19. The van der Waals surface area contributed by atoms with E-state index in [0.29, 0.717) is 5.54 Å². The molecule has 0 N–H and O–H groups in total. The number of carbonyl (C=O) groups is 1. The van der Waals surface area contributed by atoms with Crippen molar-refractivity contribution in [3.8, 4) is 0 Å². The Kier molecular flexibility index (Phi) is 7.17. The van der Waals surface area contributed by atoms with Crippen molar-refractivity contribution in [1.82, 2.24) is 0 Å². The molecule has 2 nitrogen and oxygen atoms in total. The third kappa shape index (κ3) is 5.78. The minimum atomic E-state index is -1.36. The highest BCUT2D eigenvalue weighted by Crippen LogP contribution is 2.16. The Labute approximate surface area is 88.4 Å². The maximum Gasteiger partial charge on any atom is 0.325 e. The Morgan fingerprint density at radius 3 is 2.71 bits per heavy atom. The molecule has 0 aliphatic carbocycles. The fourth-order valence-electron chi connectivity index (χ4n) is 1.20. The molecule has 0 aromatic carbocycles. The summed E-state index contributed by atoms with van der Waals surface area (Å²) in [6.45, 7) is 9.74. The van der Waals surface area contributed by atoms with E-state index in [2.05, 4.69) is 33.1 Å². The van der Waals surface area contributed by atoms with Gasteiger partial charge in [0.15, 0.2) is 0 Å². The fourth-order valence-corrected chi connectivity index (χ4v) is 3.43. The molecule has 0 spiro atoms. The van der Waals surface area contributed by atoms with Gasteiger partial charge >= 0.3 is 5.97 Å².